The van der Waals surface area contributed by atoms with E-state index in [1.807, 2.05) is 0 Å². The van der Waals surface area contributed by atoms with E-state index >= 15 is 0 Å². The van der Waals surface area contributed by atoms with Crippen molar-refractivity contribution in [3.8, 4) is 0 Å². The molecule has 0 aliphatic carbocycles. The number of aliphatic hydroxyl groups excluding tert-OH is 4. The zero-order valence-corrected chi connectivity index (χ0v) is 33.9. The summed E-state index contributed by atoms with van der Waals surface area (Å²) < 4.78 is 0. The zero-order chi connectivity index (χ0) is 42.1. The normalized spacial score (nSPS) is 12.1. The fourth-order valence-electron chi connectivity index (χ4n) is 5.01. The molecule has 0 aromatic heterocycles. The molecule has 0 saturated carbocycles. The third kappa shape index (κ3) is 22.9. The highest BCUT2D eigenvalue weighted by Gasteiger charge is 2.24. The van der Waals surface area contributed by atoms with Gasteiger partial charge in [0.05, 0.1) is 71.2 Å². The van der Waals surface area contributed by atoms with Crippen LogP contribution in [-0.4, -0.2) is 243 Å². The van der Waals surface area contributed by atoms with Gasteiger partial charge in [-0.3, -0.25) is 33.6 Å². The molecule has 20 nitrogen and oxygen atoms in total. The highest BCUT2D eigenvalue weighted by atomic mass is 16.3. The van der Waals surface area contributed by atoms with Gasteiger partial charge in [-0.1, -0.05) is 0 Å². The summed E-state index contributed by atoms with van der Waals surface area (Å²) in [6, 6.07) is 0. The van der Waals surface area contributed by atoms with Gasteiger partial charge < -0.3 is 65.4 Å². The fraction of sp³-hybridized carbons (Fsp3) is 0.800. The maximum absolute atomic E-state index is 12.8. The van der Waals surface area contributed by atoms with E-state index in [1.165, 1.54) is 52.1 Å². The smallest absolute Gasteiger partial charge is 0.242 e. The highest BCUT2D eigenvalue weighted by molar-refractivity contribution is 5.92. The number of rotatable bonds is 29. The van der Waals surface area contributed by atoms with Crippen molar-refractivity contribution >= 4 is 41.4 Å². The lowest BCUT2D eigenvalue weighted by molar-refractivity contribution is -0.145. The molecule has 0 heterocycles. The van der Waals surface area contributed by atoms with Gasteiger partial charge in [0.25, 0.3) is 0 Å². The first kappa shape index (κ1) is 51.0. The summed E-state index contributed by atoms with van der Waals surface area (Å²) in [6.07, 6.45) is 2.43. The number of carbonyl (C=O) groups excluding carboxylic acids is 7. The molecule has 0 fully saturated rings. The standard InChI is InChI=1S/C35H67N9O11/c1-36-18-30(50)39(3)20-32(52)41(5)22-34(54)43(7)24-35(55)42(6)23-33(53)40(4)21-31(51)38(2)19-29(49)37-14-17-44(15-10-8-12-27(47)25-45)16-11-9-13-28(48)26-46/h27-28,36,45-48H,8-26H2,1-7H3,(H,37,49). The maximum atomic E-state index is 12.8. The van der Waals surface area contributed by atoms with Crippen LogP contribution in [0.2, 0.25) is 0 Å². The van der Waals surface area contributed by atoms with Gasteiger partial charge in [0, 0.05) is 55.4 Å². The number of amides is 7. The molecule has 0 bridgehead atoms. The van der Waals surface area contributed by atoms with E-state index in [0.29, 0.717) is 51.9 Å². The second-order valence-electron chi connectivity index (χ2n) is 13.9. The van der Waals surface area contributed by atoms with Gasteiger partial charge in [0.15, 0.2) is 0 Å². The summed E-state index contributed by atoms with van der Waals surface area (Å²) in [6.45, 7) is -0.167. The monoisotopic (exact) mass is 789 g/mol. The summed E-state index contributed by atoms with van der Waals surface area (Å²) in [5, 5.41) is 42.7. The lowest BCUT2D eigenvalue weighted by Crippen LogP contribution is -2.49. The highest BCUT2D eigenvalue weighted by Crippen LogP contribution is 2.06. The second kappa shape index (κ2) is 28.5. The Labute approximate surface area is 325 Å². The molecule has 2 atom stereocenters. The first-order chi connectivity index (χ1) is 25.9. The minimum Gasteiger partial charge on any atom is -0.394 e. The third-order valence-electron chi connectivity index (χ3n) is 8.82. The molecule has 7 amide bonds. The van der Waals surface area contributed by atoms with Crippen molar-refractivity contribution in [3.05, 3.63) is 0 Å². The van der Waals surface area contributed by atoms with Crippen LogP contribution in [0.5, 0.6) is 0 Å². The van der Waals surface area contributed by atoms with Crippen LogP contribution in [0.3, 0.4) is 0 Å². The van der Waals surface area contributed by atoms with E-state index in [2.05, 4.69) is 15.5 Å². The van der Waals surface area contributed by atoms with Gasteiger partial charge in [-0.05, 0) is 58.7 Å². The van der Waals surface area contributed by atoms with E-state index in [4.69, 9.17) is 10.2 Å². The van der Waals surface area contributed by atoms with Crippen LogP contribution >= 0.6 is 0 Å². The van der Waals surface area contributed by atoms with Crippen molar-refractivity contribution in [2.75, 3.05) is 135 Å². The lowest BCUT2D eigenvalue weighted by atomic mass is 10.1. The maximum Gasteiger partial charge on any atom is 0.242 e. The van der Waals surface area contributed by atoms with E-state index < -0.39 is 47.7 Å². The zero-order valence-electron chi connectivity index (χ0n) is 33.9. The van der Waals surface area contributed by atoms with Crippen LogP contribution in [0.25, 0.3) is 0 Å². The molecule has 2 unspecified atom stereocenters. The SMILES string of the molecule is CNCC(=O)N(C)CC(=O)N(C)CC(=O)N(C)CC(=O)N(C)CC(=O)N(C)CC(=O)N(C)CC(=O)NCCN(CCCCC(O)CO)CCCCC(O)CO. The molecule has 0 aliphatic heterocycles. The molecule has 0 spiro atoms. The first-order valence-electron chi connectivity index (χ1n) is 18.5. The largest absolute Gasteiger partial charge is 0.394 e. The van der Waals surface area contributed by atoms with Crippen molar-refractivity contribution in [2.45, 2.75) is 50.7 Å². The molecule has 0 radical (unpaired) electrons. The van der Waals surface area contributed by atoms with Crippen molar-refractivity contribution in [1.29, 1.82) is 0 Å². The molecule has 6 N–H and O–H groups in total. The quantitative estimate of drug-likeness (QED) is 0.0392. The second-order valence-corrected chi connectivity index (χ2v) is 13.9. The van der Waals surface area contributed by atoms with Crippen molar-refractivity contribution in [2.24, 2.45) is 0 Å². The minimum atomic E-state index is -0.756. The molecule has 55 heavy (non-hydrogen) atoms. The Bertz CT molecular complexity index is 1190. The van der Waals surface area contributed by atoms with Gasteiger partial charge in [0.1, 0.15) is 0 Å². The number of unbranched alkanes of at least 4 members (excludes halogenated alkanes) is 2. The summed E-state index contributed by atoms with van der Waals surface area (Å²) in [5.74, 6) is -3.28. The summed E-state index contributed by atoms with van der Waals surface area (Å²) in [7, 11) is 10.1. The van der Waals surface area contributed by atoms with Crippen LogP contribution in [0.1, 0.15) is 38.5 Å². The minimum absolute atomic E-state index is 0.0587. The van der Waals surface area contributed by atoms with Crippen LogP contribution in [-0.2, 0) is 33.6 Å². The van der Waals surface area contributed by atoms with E-state index in [-0.39, 0.29) is 64.9 Å². The lowest BCUT2D eigenvalue weighted by Gasteiger charge is -2.26. The van der Waals surface area contributed by atoms with Gasteiger partial charge in [-0.2, -0.15) is 0 Å². The number of nitrogens with one attached hydrogen (secondary N) is 2. The van der Waals surface area contributed by atoms with Gasteiger partial charge in [-0.15, -0.1) is 0 Å². The Morgan fingerprint density at radius 3 is 1.15 bits per heavy atom. The number of hydrogen-bond donors (Lipinski definition) is 6. The predicted molar refractivity (Wildman–Crippen MR) is 203 cm³/mol. The van der Waals surface area contributed by atoms with E-state index in [0.717, 1.165) is 32.4 Å². The molecular formula is C35H67N9O11. The van der Waals surface area contributed by atoms with E-state index in [9.17, 15) is 43.8 Å². The molecule has 20 heteroatoms. The summed E-state index contributed by atoms with van der Waals surface area (Å²) in [5.41, 5.74) is 0. The van der Waals surface area contributed by atoms with E-state index in [1.54, 1.807) is 7.05 Å². The number of hydrogen-bond acceptors (Lipinski definition) is 13. The van der Waals surface area contributed by atoms with Crippen molar-refractivity contribution in [1.82, 2.24) is 44.9 Å². The molecule has 318 valence electrons. The third-order valence-corrected chi connectivity index (χ3v) is 8.82. The first-order valence-corrected chi connectivity index (χ1v) is 18.5. The van der Waals surface area contributed by atoms with Crippen molar-refractivity contribution in [3.63, 3.8) is 0 Å². The number of likely N-dealkylation sites (N-methyl/N-ethyl adjacent to an activating group) is 7. The van der Waals surface area contributed by atoms with Gasteiger partial charge in [-0.25, -0.2) is 0 Å². The fourth-order valence-corrected chi connectivity index (χ4v) is 5.01. The Morgan fingerprint density at radius 2 is 0.818 bits per heavy atom. The molecule has 0 saturated heterocycles. The van der Waals surface area contributed by atoms with Crippen LogP contribution < -0.4 is 10.6 Å². The molecule has 0 aromatic carbocycles. The molecule has 0 rings (SSSR count). The Kier molecular flexibility index (Phi) is 26.4. The Morgan fingerprint density at radius 1 is 0.491 bits per heavy atom. The number of aliphatic hydroxyl groups is 4. The van der Waals surface area contributed by atoms with Crippen molar-refractivity contribution < 1.29 is 54.0 Å². The Hall–Kier alpha value is -3.95. The Balaban J connectivity index is 4.77. The van der Waals surface area contributed by atoms with Gasteiger partial charge in [0.2, 0.25) is 41.4 Å². The summed E-state index contributed by atoms with van der Waals surface area (Å²) in [4.78, 5) is 97.1. The van der Waals surface area contributed by atoms with Crippen LogP contribution in [0, 0.1) is 0 Å². The number of nitrogens with zero attached hydrogens (tertiary/aromatic N) is 7. The van der Waals surface area contributed by atoms with Crippen LogP contribution in [0.4, 0.5) is 0 Å². The molecule has 0 aromatic rings. The average Bonchev–Trinajstić information content (AvgIpc) is 3.13. The number of carbonyl (C=O) groups is 7. The molecular weight excluding hydrogens is 722 g/mol. The van der Waals surface area contributed by atoms with Crippen LogP contribution in [0.15, 0.2) is 0 Å². The summed E-state index contributed by atoms with van der Waals surface area (Å²) >= 11 is 0. The topological polar surface area (TPSA) is 247 Å². The predicted octanol–water partition coefficient (Wildman–Crippen LogP) is -4.58. The average molecular weight is 790 g/mol. The molecule has 0 aliphatic rings. The van der Waals surface area contributed by atoms with Gasteiger partial charge >= 0.3 is 0 Å².